The molecule has 1 unspecified atom stereocenters. The van der Waals surface area contributed by atoms with Crippen molar-refractivity contribution in [2.45, 2.75) is 50.5 Å². The van der Waals surface area contributed by atoms with Crippen LogP contribution in [0.3, 0.4) is 0 Å². The molecule has 2 aromatic rings. The van der Waals surface area contributed by atoms with Gasteiger partial charge in [0, 0.05) is 38.9 Å². The molecule has 168 valence electrons. The zero-order valence-electron chi connectivity index (χ0n) is 19.0. The predicted octanol–water partition coefficient (Wildman–Crippen LogP) is 5.54. The number of carbonyl (C=O) groups excluding carboxylic acids is 1. The van der Waals surface area contributed by atoms with Crippen LogP contribution >= 0.6 is 0 Å². The third-order valence-corrected chi connectivity index (χ3v) is 7.09. The lowest BCUT2D eigenvalue weighted by molar-refractivity contribution is 0.0993. The first-order chi connectivity index (χ1) is 14.9. The van der Waals surface area contributed by atoms with Crippen LogP contribution in [0.4, 0.5) is 15.8 Å². The molecule has 1 heterocycles. The summed E-state index contributed by atoms with van der Waals surface area (Å²) in [6, 6.07) is 13.6. The third kappa shape index (κ3) is 4.77. The predicted molar refractivity (Wildman–Crippen MR) is 128 cm³/mol. The molecule has 0 N–H and O–H groups in total. The molecule has 5 heteroatoms. The fourth-order valence-electron chi connectivity index (χ4n) is 4.99. The second kappa shape index (κ2) is 9.39. The first-order valence-electron chi connectivity index (χ1n) is 11.5. The van der Waals surface area contributed by atoms with Crippen LogP contribution in [0.1, 0.15) is 61.8 Å². The molecule has 31 heavy (non-hydrogen) atoms. The van der Waals surface area contributed by atoms with Crippen LogP contribution in [0, 0.1) is 5.82 Å². The third-order valence-electron chi connectivity index (χ3n) is 7.09. The lowest BCUT2D eigenvalue weighted by atomic mass is 9.84. The Morgan fingerprint density at radius 3 is 2.32 bits per heavy atom. The Labute approximate surface area is 187 Å². The van der Waals surface area contributed by atoms with Gasteiger partial charge in [0.25, 0.3) is 5.91 Å². The van der Waals surface area contributed by atoms with Gasteiger partial charge in [0.2, 0.25) is 0 Å². The zero-order valence-corrected chi connectivity index (χ0v) is 19.0. The number of halogens is 1. The monoisotopic (exact) mass is 425 g/mol. The standard InChI is InChI=1S/C26H34FN3O.H2/c1-28(2)23-15-16-30(18-23)25-14-13-22(17-24(25)27)29(3)26(31)21-11-9-20(10-12-21)19-7-5-4-6-8-19;/h9-14,17,19,23H,4-8,15-16,18H2,1-3H3;1H. The highest BCUT2D eigenvalue weighted by molar-refractivity contribution is 6.05. The normalized spacial score (nSPS) is 19.8. The lowest BCUT2D eigenvalue weighted by Crippen LogP contribution is -2.31. The van der Waals surface area contributed by atoms with Crippen molar-refractivity contribution in [1.82, 2.24) is 4.90 Å². The maximum Gasteiger partial charge on any atom is 0.258 e. The summed E-state index contributed by atoms with van der Waals surface area (Å²) in [6.07, 6.45) is 7.44. The molecule has 1 saturated heterocycles. The maximum absolute atomic E-state index is 14.9. The molecule has 1 amide bonds. The Bertz CT molecular complexity index is 912. The van der Waals surface area contributed by atoms with Crippen LogP contribution < -0.4 is 9.80 Å². The molecule has 0 aromatic heterocycles. The summed E-state index contributed by atoms with van der Waals surface area (Å²) in [5.41, 5.74) is 3.16. The highest BCUT2D eigenvalue weighted by atomic mass is 19.1. The molecule has 2 aliphatic rings. The van der Waals surface area contributed by atoms with Crippen molar-refractivity contribution in [2.24, 2.45) is 0 Å². The van der Waals surface area contributed by atoms with Gasteiger partial charge < -0.3 is 14.7 Å². The van der Waals surface area contributed by atoms with Gasteiger partial charge in [-0.05, 0) is 75.2 Å². The second-order valence-electron chi connectivity index (χ2n) is 9.31. The van der Waals surface area contributed by atoms with E-state index in [0.717, 1.165) is 19.5 Å². The summed E-state index contributed by atoms with van der Waals surface area (Å²) in [4.78, 5) is 18.8. The summed E-state index contributed by atoms with van der Waals surface area (Å²) < 4.78 is 14.9. The SMILES string of the molecule is CN(C(=O)c1ccc(C2CCCCC2)cc1)c1ccc(N2CCC(N(C)C)C2)c(F)c1.[HH]. The molecule has 0 radical (unpaired) electrons. The lowest BCUT2D eigenvalue weighted by Gasteiger charge is -2.24. The highest BCUT2D eigenvalue weighted by Gasteiger charge is 2.26. The first kappa shape index (κ1) is 21.8. The highest BCUT2D eigenvalue weighted by Crippen LogP contribution is 2.33. The van der Waals surface area contributed by atoms with Crippen molar-refractivity contribution in [3.05, 3.63) is 59.4 Å². The molecular formula is C26H36FN3O. The number of carbonyl (C=O) groups is 1. The van der Waals surface area contributed by atoms with Gasteiger partial charge in [0.1, 0.15) is 5.82 Å². The Morgan fingerprint density at radius 1 is 1.00 bits per heavy atom. The molecule has 1 saturated carbocycles. The van der Waals surface area contributed by atoms with Gasteiger partial charge in [-0.2, -0.15) is 0 Å². The average molecular weight is 426 g/mol. The quantitative estimate of drug-likeness (QED) is 0.630. The summed E-state index contributed by atoms with van der Waals surface area (Å²) in [5.74, 6) is 0.232. The summed E-state index contributed by atoms with van der Waals surface area (Å²) in [6.45, 7) is 1.67. The van der Waals surface area contributed by atoms with Gasteiger partial charge in [0.15, 0.2) is 0 Å². The van der Waals surface area contributed by atoms with Crippen molar-refractivity contribution in [3.8, 4) is 0 Å². The smallest absolute Gasteiger partial charge is 0.258 e. The van der Waals surface area contributed by atoms with E-state index >= 15 is 0 Å². The van der Waals surface area contributed by atoms with Crippen molar-refractivity contribution in [2.75, 3.05) is 44.0 Å². The van der Waals surface area contributed by atoms with Gasteiger partial charge >= 0.3 is 0 Å². The minimum atomic E-state index is -0.274. The van der Waals surface area contributed by atoms with E-state index in [0.29, 0.717) is 28.9 Å². The topological polar surface area (TPSA) is 26.8 Å². The van der Waals surface area contributed by atoms with Crippen LogP contribution in [0.5, 0.6) is 0 Å². The Kier molecular flexibility index (Phi) is 6.61. The number of hydrogen-bond acceptors (Lipinski definition) is 3. The number of benzene rings is 2. The number of amides is 1. The van der Waals surface area contributed by atoms with Crippen LogP contribution in [-0.4, -0.2) is 51.1 Å². The number of nitrogens with zero attached hydrogens (tertiary/aromatic N) is 3. The maximum atomic E-state index is 14.9. The van der Waals surface area contributed by atoms with Crippen molar-refractivity contribution >= 4 is 17.3 Å². The summed E-state index contributed by atoms with van der Waals surface area (Å²) >= 11 is 0. The van der Waals surface area contributed by atoms with Gasteiger partial charge in [-0.15, -0.1) is 0 Å². The van der Waals surface area contributed by atoms with Gasteiger partial charge in [-0.3, -0.25) is 4.79 Å². The molecule has 1 aliphatic heterocycles. The van der Waals surface area contributed by atoms with Gasteiger partial charge in [0.05, 0.1) is 5.69 Å². The largest absolute Gasteiger partial charge is 0.368 e. The molecule has 2 aromatic carbocycles. The van der Waals surface area contributed by atoms with Gasteiger partial charge in [-0.1, -0.05) is 31.4 Å². The van der Waals surface area contributed by atoms with E-state index in [-0.39, 0.29) is 13.2 Å². The van der Waals surface area contributed by atoms with E-state index in [1.165, 1.54) is 48.6 Å². The van der Waals surface area contributed by atoms with Crippen molar-refractivity contribution < 1.29 is 10.6 Å². The van der Waals surface area contributed by atoms with Crippen LogP contribution in [0.2, 0.25) is 0 Å². The Balaban J connectivity index is 0.00000289. The minimum absolute atomic E-state index is 0. The van der Waals surface area contributed by atoms with Crippen LogP contribution in [0.25, 0.3) is 0 Å². The zero-order chi connectivity index (χ0) is 22.0. The number of anilines is 2. The molecule has 4 nitrogen and oxygen atoms in total. The van der Waals surface area contributed by atoms with E-state index in [9.17, 15) is 9.18 Å². The molecule has 2 fully saturated rings. The number of likely N-dealkylation sites (N-methyl/N-ethyl adjacent to an activating group) is 1. The summed E-state index contributed by atoms with van der Waals surface area (Å²) in [7, 11) is 5.84. The Hall–Kier alpha value is -2.40. The van der Waals surface area contributed by atoms with E-state index in [2.05, 4.69) is 36.0 Å². The fourth-order valence-corrected chi connectivity index (χ4v) is 4.99. The molecule has 1 aliphatic carbocycles. The van der Waals surface area contributed by atoms with E-state index in [1.54, 1.807) is 13.1 Å². The number of hydrogen-bond donors (Lipinski definition) is 0. The van der Waals surface area contributed by atoms with Crippen molar-refractivity contribution in [1.29, 1.82) is 0 Å². The van der Waals surface area contributed by atoms with Crippen molar-refractivity contribution in [3.63, 3.8) is 0 Å². The van der Waals surface area contributed by atoms with Crippen LogP contribution in [-0.2, 0) is 0 Å². The van der Waals surface area contributed by atoms with E-state index in [4.69, 9.17) is 0 Å². The first-order valence-corrected chi connectivity index (χ1v) is 11.5. The van der Waals surface area contributed by atoms with Crippen LogP contribution in [0.15, 0.2) is 42.5 Å². The second-order valence-corrected chi connectivity index (χ2v) is 9.31. The molecular weight excluding hydrogens is 389 g/mol. The minimum Gasteiger partial charge on any atom is -0.368 e. The molecule has 0 bridgehead atoms. The molecule has 0 spiro atoms. The van der Waals surface area contributed by atoms with E-state index in [1.807, 2.05) is 18.2 Å². The molecule has 1 atom stereocenters. The summed E-state index contributed by atoms with van der Waals surface area (Å²) in [5, 5.41) is 0. The fraction of sp³-hybridized carbons (Fsp3) is 0.500. The van der Waals surface area contributed by atoms with Gasteiger partial charge in [-0.25, -0.2) is 4.39 Å². The number of rotatable bonds is 5. The molecule has 4 rings (SSSR count). The average Bonchev–Trinajstić information content (AvgIpc) is 3.29. The van der Waals surface area contributed by atoms with E-state index < -0.39 is 0 Å². The Morgan fingerprint density at radius 2 is 1.71 bits per heavy atom.